The Morgan fingerprint density at radius 1 is 1.40 bits per heavy atom. The summed E-state index contributed by atoms with van der Waals surface area (Å²) in [5.41, 5.74) is 0. The van der Waals surface area contributed by atoms with E-state index in [1.165, 1.54) is 6.92 Å². The summed E-state index contributed by atoms with van der Waals surface area (Å²) in [6.07, 6.45) is -0.103. The Bertz CT molecular complexity index is 122. The van der Waals surface area contributed by atoms with E-state index in [-0.39, 0.29) is 81.1 Å². The van der Waals surface area contributed by atoms with Gasteiger partial charge in [-0.1, -0.05) is 0 Å². The van der Waals surface area contributed by atoms with Crippen LogP contribution in [0.25, 0.3) is 0 Å². The number of Topliss-reactive ketones (excluding diaryl/α,β-unsaturated/α-hetero) is 1. The molecule has 0 bridgehead atoms. The van der Waals surface area contributed by atoms with Crippen molar-refractivity contribution in [2.24, 2.45) is 0 Å². The van der Waals surface area contributed by atoms with Gasteiger partial charge in [0.1, 0.15) is 12.2 Å². The first kappa shape index (κ1) is 13.8. The number of hydrogen-bond donors (Lipinski definition) is 0. The van der Waals surface area contributed by atoms with Crippen molar-refractivity contribution in [3.05, 3.63) is 0 Å². The molecule has 0 amide bonds. The van der Waals surface area contributed by atoms with Crippen LogP contribution in [0.2, 0.25) is 0 Å². The van der Waals surface area contributed by atoms with Crippen molar-refractivity contribution < 1.29 is 14.3 Å². The van der Waals surface area contributed by atoms with E-state index in [0.29, 0.717) is 6.61 Å². The molecule has 3 nitrogen and oxygen atoms in total. The number of carbonyl (C=O) groups is 2. The van der Waals surface area contributed by atoms with Crippen molar-refractivity contribution in [1.29, 1.82) is 0 Å². The van der Waals surface area contributed by atoms with Gasteiger partial charge in [0.15, 0.2) is 0 Å². The molecule has 0 rings (SSSR count). The second kappa shape index (κ2) is 8.29. The summed E-state index contributed by atoms with van der Waals surface area (Å²) in [5, 5.41) is 0. The minimum atomic E-state index is -0.440. The first-order valence-electron chi connectivity index (χ1n) is 2.82. The molecule has 0 aromatic heterocycles. The molecule has 54 valence electrons. The van der Waals surface area contributed by atoms with E-state index in [4.69, 9.17) is 0 Å². The Kier molecular flexibility index (Phi) is 11.4. The zero-order chi connectivity index (χ0) is 7.28. The number of ketones is 1. The molecule has 0 aromatic carbocycles. The summed E-state index contributed by atoms with van der Waals surface area (Å²) in [6.45, 7) is 3.40. The Labute approximate surface area is 119 Å². The number of rotatable bonds is 3. The maximum absolute atomic E-state index is 10.4. The topological polar surface area (TPSA) is 43.4 Å². The molecular formula is C6H11CsO3. The van der Waals surface area contributed by atoms with Crippen LogP contribution in [0.1, 0.15) is 20.3 Å². The zero-order valence-corrected chi connectivity index (χ0v) is 5.64. The molecule has 0 aromatic rings. The van der Waals surface area contributed by atoms with Crippen LogP contribution in [0.15, 0.2) is 0 Å². The Morgan fingerprint density at radius 3 is 2.20 bits per heavy atom. The van der Waals surface area contributed by atoms with Crippen LogP contribution in [0.5, 0.6) is 0 Å². The quantitative estimate of drug-likeness (QED) is 0.527. The van der Waals surface area contributed by atoms with Crippen molar-refractivity contribution >= 4 is 80.6 Å². The predicted molar refractivity (Wildman–Crippen MR) is 39.1 cm³/mol. The van der Waals surface area contributed by atoms with Crippen molar-refractivity contribution in [2.75, 3.05) is 6.61 Å². The standard InChI is InChI=1S/C6H10O3.Cs.H/c1-3-9-6(8)4-5(2)7;;/h3-4H2,1-2H3;;. The summed E-state index contributed by atoms with van der Waals surface area (Å²) < 4.78 is 4.49. The third-order valence-corrected chi connectivity index (χ3v) is 0.699. The third kappa shape index (κ3) is 9.19. The summed E-state index contributed by atoms with van der Waals surface area (Å²) in [6, 6.07) is 0. The average molecular weight is 264 g/mol. The molecule has 0 spiro atoms. The number of carbonyl (C=O) groups excluding carboxylic acids is 2. The molecule has 0 saturated carbocycles. The van der Waals surface area contributed by atoms with Crippen LogP contribution < -0.4 is 0 Å². The first-order chi connectivity index (χ1) is 4.16. The summed E-state index contributed by atoms with van der Waals surface area (Å²) in [5.74, 6) is -0.599. The van der Waals surface area contributed by atoms with E-state index in [1.54, 1.807) is 6.92 Å². The molecule has 4 heteroatoms. The molecule has 0 N–H and O–H groups in total. The summed E-state index contributed by atoms with van der Waals surface area (Å²) in [7, 11) is 0. The van der Waals surface area contributed by atoms with Gasteiger partial charge < -0.3 is 4.74 Å². The van der Waals surface area contributed by atoms with E-state index >= 15 is 0 Å². The molecule has 0 aliphatic carbocycles. The minimum absolute atomic E-state index is 0. The fourth-order valence-corrected chi connectivity index (χ4v) is 0.415. The first-order valence-corrected chi connectivity index (χ1v) is 2.82. The van der Waals surface area contributed by atoms with Gasteiger partial charge in [0, 0.05) is 0 Å². The molecule has 0 fully saturated rings. The number of ether oxygens (including phenoxy) is 1. The fourth-order valence-electron chi connectivity index (χ4n) is 0.415. The molecule has 0 aliphatic heterocycles. The van der Waals surface area contributed by atoms with Gasteiger partial charge in [-0.05, 0) is 13.8 Å². The van der Waals surface area contributed by atoms with E-state index < -0.39 is 5.97 Å². The van der Waals surface area contributed by atoms with Gasteiger partial charge in [-0.2, -0.15) is 0 Å². The maximum atomic E-state index is 10.4. The molecule has 0 atom stereocenters. The number of esters is 1. The Balaban J connectivity index is 0. The molecule has 0 heterocycles. The van der Waals surface area contributed by atoms with E-state index in [1.807, 2.05) is 0 Å². The van der Waals surface area contributed by atoms with Gasteiger partial charge >= 0.3 is 74.9 Å². The van der Waals surface area contributed by atoms with Crippen molar-refractivity contribution in [1.82, 2.24) is 0 Å². The molecule has 0 unspecified atom stereocenters. The van der Waals surface area contributed by atoms with Crippen LogP contribution in [0, 0.1) is 0 Å². The average Bonchev–Trinajstić information content (AvgIpc) is 1.63. The van der Waals surface area contributed by atoms with E-state index in [9.17, 15) is 9.59 Å². The van der Waals surface area contributed by atoms with Crippen LogP contribution in [0.4, 0.5) is 0 Å². The van der Waals surface area contributed by atoms with E-state index in [2.05, 4.69) is 4.74 Å². The van der Waals surface area contributed by atoms with Gasteiger partial charge in [0.05, 0.1) is 6.61 Å². The summed E-state index contributed by atoms with van der Waals surface area (Å²) in [4.78, 5) is 20.6. The van der Waals surface area contributed by atoms with Crippen molar-refractivity contribution in [3.8, 4) is 0 Å². The second-order valence-electron chi connectivity index (χ2n) is 1.68. The Hall–Kier alpha value is 1.19. The normalized spacial score (nSPS) is 7.80. The second-order valence-corrected chi connectivity index (χ2v) is 1.68. The van der Waals surface area contributed by atoms with Crippen LogP contribution >= 0.6 is 0 Å². The summed E-state index contributed by atoms with van der Waals surface area (Å²) >= 11 is 0. The van der Waals surface area contributed by atoms with Crippen molar-refractivity contribution in [3.63, 3.8) is 0 Å². The zero-order valence-electron chi connectivity index (χ0n) is 5.64. The predicted octanol–water partition coefficient (Wildman–Crippen LogP) is -0.120. The van der Waals surface area contributed by atoms with Gasteiger partial charge in [0.2, 0.25) is 0 Å². The van der Waals surface area contributed by atoms with Gasteiger partial charge in [-0.15, -0.1) is 0 Å². The fraction of sp³-hybridized carbons (Fsp3) is 0.667. The molecule has 0 saturated heterocycles. The van der Waals surface area contributed by atoms with Gasteiger partial charge in [-0.3, -0.25) is 9.59 Å². The van der Waals surface area contributed by atoms with Crippen LogP contribution in [-0.4, -0.2) is 87.3 Å². The Morgan fingerprint density at radius 2 is 1.90 bits per heavy atom. The molecule has 0 radical (unpaired) electrons. The molecular weight excluding hydrogens is 253 g/mol. The molecule has 10 heavy (non-hydrogen) atoms. The van der Waals surface area contributed by atoms with Crippen LogP contribution in [-0.2, 0) is 14.3 Å². The monoisotopic (exact) mass is 264 g/mol. The van der Waals surface area contributed by atoms with Gasteiger partial charge in [0.25, 0.3) is 0 Å². The van der Waals surface area contributed by atoms with Crippen LogP contribution in [0.3, 0.4) is 0 Å². The van der Waals surface area contributed by atoms with E-state index in [0.717, 1.165) is 0 Å². The number of hydrogen-bond acceptors (Lipinski definition) is 3. The van der Waals surface area contributed by atoms with Gasteiger partial charge in [-0.25, -0.2) is 0 Å². The third-order valence-electron chi connectivity index (χ3n) is 0.699. The SMILES string of the molecule is CCOC(=O)CC(C)=O.[CsH]. The molecule has 0 aliphatic rings. The van der Waals surface area contributed by atoms with Crippen molar-refractivity contribution in [2.45, 2.75) is 20.3 Å².